The second-order valence-electron chi connectivity index (χ2n) is 4.08. The maximum Gasteiger partial charge on any atom is 0.0715 e. The molecular weight excluding hydrogens is 290 g/mol. The van der Waals surface area contributed by atoms with Crippen LogP contribution in [0.1, 0.15) is 12.0 Å². The second-order valence-corrected chi connectivity index (χ2v) is 6.37. The van der Waals surface area contributed by atoms with Gasteiger partial charge in [0.1, 0.15) is 0 Å². The third-order valence-electron chi connectivity index (χ3n) is 2.81. The van der Waals surface area contributed by atoms with Crippen LogP contribution in [0.4, 0.5) is 0 Å². The van der Waals surface area contributed by atoms with E-state index in [1.807, 2.05) is 0 Å². The zero-order valence-electron chi connectivity index (χ0n) is 8.99. The van der Waals surface area contributed by atoms with Crippen LogP contribution in [0.15, 0.2) is 15.2 Å². The summed E-state index contributed by atoms with van der Waals surface area (Å²) in [4.78, 5) is 0. The minimum absolute atomic E-state index is 0.287. The number of ether oxygens (including phenoxy) is 1. The standard InChI is InChI=1S/C11H16BrNO2S/c12-11-3-8(7-16-11)4-13-5-10(14)9-1-2-15-6-9/h3,7,9-10,13-14H,1-2,4-6H2. The van der Waals surface area contributed by atoms with E-state index in [0.717, 1.165) is 23.4 Å². The van der Waals surface area contributed by atoms with Crippen molar-refractivity contribution in [3.05, 3.63) is 20.8 Å². The molecule has 0 bridgehead atoms. The van der Waals surface area contributed by atoms with Crippen LogP contribution in [0.5, 0.6) is 0 Å². The van der Waals surface area contributed by atoms with Gasteiger partial charge in [-0.3, -0.25) is 0 Å². The molecule has 0 aliphatic carbocycles. The number of aliphatic hydroxyl groups is 1. The number of hydrogen-bond donors (Lipinski definition) is 2. The molecule has 2 rings (SSSR count). The van der Waals surface area contributed by atoms with Crippen LogP contribution in [-0.4, -0.2) is 31.0 Å². The topological polar surface area (TPSA) is 41.5 Å². The third kappa shape index (κ3) is 3.53. The summed E-state index contributed by atoms with van der Waals surface area (Å²) in [7, 11) is 0. The van der Waals surface area contributed by atoms with Crippen molar-refractivity contribution in [2.75, 3.05) is 19.8 Å². The van der Waals surface area contributed by atoms with Crippen molar-refractivity contribution >= 4 is 27.3 Å². The molecule has 1 aromatic heterocycles. The molecule has 1 saturated heterocycles. The molecule has 0 radical (unpaired) electrons. The number of nitrogens with one attached hydrogen (secondary N) is 1. The van der Waals surface area contributed by atoms with E-state index >= 15 is 0 Å². The first-order chi connectivity index (χ1) is 7.75. The van der Waals surface area contributed by atoms with Crippen molar-refractivity contribution < 1.29 is 9.84 Å². The highest BCUT2D eigenvalue weighted by Crippen LogP contribution is 2.20. The highest BCUT2D eigenvalue weighted by Gasteiger charge is 2.23. The number of halogens is 1. The lowest BCUT2D eigenvalue weighted by molar-refractivity contribution is 0.0906. The average Bonchev–Trinajstić information content (AvgIpc) is 2.89. The van der Waals surface area contributed by atoms with Gasteiger partial charge >= 0.3 is 0 Å². The van der Waals surface area contributed by atoms with E-state index in [2.05, 4.69) is 32.7 Å². The van der Waals surface area contributed by atoms with Gasteiger partial charge in [-0.2, -0.15) is 0 Å². The molecular formula is C11H16BrNO2S. The van der Waals surface area contributed by atoms with Gasteiger partial charge in [-0.15, -0.1) is 11.3 Å². The van der Waals surface area contributed by atoms with Crippen LogP contribution in [0.3, 0.4) is 0 Å². The molecule has 5 heteroatoms. The summed E-state index contributed by atoms with van der Waals surface area (Å²) in [5.74, 6) is 0.307. The average molecular weight is 306 g/mol. The van der Waals surface area contributed by atoms with E-state index in [0.29, 0.717) is 19.1 Å². The molecule has 0 spiro atoms. The molecule has 2 atom stereocenters. The molecule has 0 saturated carbocycles. The van der Waals surface area contributed by atoms with Crippen molar-refractivity contribution in [3.63, 3.8) is 0 Å². The van der Waals surface area contributed by atoms with Crippen LogP contribution in [0.25, 0.3) is 0 Å². The molecule has 2 N–H and O–H groups in total. The van der Waals surface area contributed by atoms with Gasteiger partial charge in [0.15, 0.2) is 0 Å². The molecule has 1 aliphatic rings. The summed E-state index contributed by atoms with van der Waals surface area (Å²) in [5, 5.41) is 15.3. The summed E-state index contributed by atoms with van der Waals surface area (Å²) in [6, 6.07) is 2.10. The van der Waals surface area contributed by atoms with Gasteiger partial charge in [0.25, 0.3) is 0 Å². The number of aliphatic hydroxyl groups excluding tert-OH is 1. The van der Waals surface area contributed by atoms with Gasteiger partial charge in [0.05, 0.1) is 16.5 Å². The van der Waals surface area contributed by atoms with E-state index < -0.39 is 0 Å². The summed E-state index contributed by atoms with van der Waals surface area (Å²) in [5.41, 5.74) is 1.26. The molecule has 0 aromatic carbocycles. The normalized spacial score (nSPS) is 22.5. The third-order valence-corrected chi connectivity index (χ3v) is 4.37. The van der Waals surface area contributed by atoms with Crippen LogP contribution < -0.4 is 5.32 Å². The molecule has 1 fully saturated rings. The maximum absolute atomic E-state index is 9.88. The van der Waals surface area contributed by atoms with Crippen molar-refractivity contribution in [2.24, 2.45) is 5.92 Å². The Kier molecular flexibility index (Phi) is 4.79. The predicted molar refractivity (Wildman–Crippen MR) is 68.7 cm³/mol. The smallest absolute Gasteiger partial charge is 0.0715 e. The predicted octanol–water partition coefficient (Wildman–Crippen LogP) is 2.00. The van der Waals surface area contributed by atoms with Gasteiger partial charge in [0, 0.05) is 25.6 Å². The first-order valence-corrected chi connectivity index (χ1v) is 7.12. The first kappa shape index (κ1) is 12.5. The Morgan fingerprint density at radius 1 is 1.69 bits per heavy atom. The lowest BCUT2D eigenvalue weighted by Gasteiger charge is -2.16. The van der Waals surface area contributed by atoms with Crippen LogP contribution in [0, 0.1) is 5.92 Å². The van der Waals surface area contributed by atoms with E-state index in [1.54, 1.807) is 11.3 Å². The fourth-order valence-corrected chi connectivity index (χ4v) is 3.03. The Hall–Kier alpha value is 0.0600. The number of rotatable bonds is 5. The highest BCUT2D eigenvalue weighted by atomic mass is 79.9. The lowest BCUT2D eigenvalue weighted by Crippen LogP contribution is -2.32. The Morgan fingerprint density at radius 2 is 2.56 bits per heavy atom. The van der Waals surface area contributed by atoms with Gasteiger partial charge in [-0.05, 0) is 39.4 Å². The second kappa shape index (κ2) is 6.12. The molecule has 90 valence electrons. The SMILES string of the molecule is OC(CNCc1csc(Br)c1)C1CCOC1. The summed E-state index contributed by atoms with van der Waals surface area (Å²) in [6.07, 6.45) is 0.692. The number of hydrogen-bond acceptors (Lipinski definition) is 4. The van der Waals surface area contributed by atoms with E-state index in [-0.39, 0.29) is 6.10 Å². The van der Waals surface area contributed by atoms with Crippen molar-refractivity contribution in [1.82, 2.24) is 5.32 Å². The molecule has 2 heterocycles. The Labute approximate surface area is 108 Å². The van der Waals surface area contributed by atoms with Crippen molar-refractivity contribution in [1.29, 1.82) is 0 Å². The Morgan fingerprint density at radius 3 is 3.19 bits per heavy atom. The fourth-order valence-electron chi connectivity index (χ4n) is 1.83. The zero-order chi connectivity index (χ0) is 11.4. The number of thiophene rings is 1. The van der Waals surface area contributed by atoms with Crippen molar-refractivity contribution in [3.8, 4) is 0 Å². The fraction of sp³-hybridized carbons (Fsp3) is 0.636. The molecule has 1 aliphatic heterocycles. The monoisotopic (exact) mass is 305 g/mol. The van der Waals surface area contributed by atoms with Crippen molar-refractivity contribution in [2.45, 2.75) is 19.1 Å². The Balaban J connectivity index is 1.67. The molecule has 2 unspecified atom stereocenters. The van der Waals surface area contributed by atoms with Crippen LogP contribution in [-0.2, 0) is 11.3 Å². The van der Waals surface area contributed by atoms with Crippen LogP contribution in [0.2, 0.25) is 0 Å². The summed E-state index contributed by atoms with van der Waals surface area (Å²) in [6.45, 7) is 2.94. The summed E-state index contributed by atoms with van der Waals surface area (Å²) < 4.78 is 6.40. The minimum atomic E-state index is -0.287. The van der Waals surface area contributed by atoms with Gasteiger partial charge in [-0.1, -0.05) is 0 Å². The summed E-state index contributed by atoms with van der Waals surface area (Å²) >= 11 is 5.11. The molecule has 16 heavy (non-hydrogen) atoms. The van der Waals surface area contributed by atoms with Gasteiger partial charge < -0.3 is 15.2 Å². The van der Waals surface area contributed by atoms with Gasteiger partial charge in [-0.25, -0.2) is 0 Å². The van der Waals surface area contributed by atoms with E-state index in [1.165, 1.54) is 5.56 Å². The maximum atomic E-state index is 9.88. The quantitative estimate of drug-likeness (QED) is 0.874. The van der Waals surface area contributed by atoms with E-state index in [4.69, 9.17) is 4.74 Å². The largest absolute Gasteiger partial charge is 0.391 e. The molecule has 1 aromatic rings. The van der Waals surface area contributed by atoms with E-state index in [9.17, 15) is 5.11 Å². The van der Waals surface area contributed by atoms with Gasteiger partial charge in [0.2, 0.25) is 0 Å². The highest BCUT2D eigenvalue weighted by molar-refractivity contribution is 9.11. The molecule has 0 amide bonds. The first-order valence-electron chi connectivity index (χ1n) is 5.45. The van der Waals surface area contributed by atoms with Crippen LogP contribution >= 0.6 is 27.3 Å². The zero-order valence-corrected chi connectivity index (χ0v) is 11.4. The molecule has 3 nitrogen and oxygen atoms in total. The Bertz CT molecular complexity index is 326. The minimum Gasteiger partial charge on any atom is -0.391 e. The lowest BCUT2D eigenvalue weighted by atomic mass is 10.0.